The van der Waals surface area contributed by atoms with E-state index in [9.17, 15) is 4.79 Å². The third-order valence-electron chi connectivity index (χ3n) is 3.34. The van der Waals surface area contributed by atoms with Gasteiger partial charge in [-0.05, 0) is 49.9 Å². The number of benzene rings is 1. The van der Waals surface area contributed by atoms with Crippen molar-refractivity contribution in [3.8, 4) is 0 Å². The van der Waals surface area contributed by atoms with Crippen LogP contribution in [0.25, 0.3) is 0 Å². The Labute approximate surface area is 136 Å². The van der Waals surface area contributed by atoms with Crippen LogP contribution in [0.15, 0.2) is 42.5 Å². The van der Waals surface area contributed by atoms with E-state index in [0.29, 0.717) is 24.5 Å². The quantitative estimate of drug-likeness (QED) is 0.569. The fraction of sp³-hybridized carbons (Fsp3) is 0.333. The fourth-order valence-corrected chi connectivity index (χ4v) is 2.42. The van der Waals surface area contributed by atoms with Crippen LogP contribution in [0.1, 0.15) is 29.8 Å². The molecule has 0 bridgehead atoms. The topological polar surface area (TPSA) is 39.2 Å². The lowest BCUT2D eigenvalue weighted by atomic mass is 10.1. The molecule has 0 aliphatic carbocycles. The van der Waals surface area contributed by atoms with Crippen molar-refractivity contribution in [2.75, 3.05) is 6.61 Å². The average molecular weight is 318 g/mol. The highest BCUT2D eigenvalue weighted by Crippen LogP contribution is 2.16. The minimum Gasteiger partial charge on any atom is -0.466 e. The van der Waals surface area contributed by atoms with Crippen LogP contribution in [0.4, 0.5) is 0 Å². The first-order valence-electron chi connectivity index (χ1n) is 7.47. The van der Waals surface area contributed by atoms with Crippen molar-refractivity contribution in [2.45, 2.75) is 32.6 Å². The van der Waals surface area contributed by atoms with Gasteiger partial charge in [0.25, 0.3) is 0 Å². The molecular formula is C18H20ClNO2. The molecule has 1 heterocycles. The number of hydrogen-bond acceptors (Lipinski definition) is 3. The molecule has 0 unspecified atom stereocenters. The van der Waals surface area contributed by atoms with E-state index in [1.165, 1.54) is 0 Å². The summed E-state index contributed by atoms with van der Waals surface area (Å²) in [5.41, 5.74) is 3.02. The Hall–Kier alpha value is -1.87. The molecule has 22 heavy (non-hydrogen) atoms. The van der Waals surface area contributed by atoms with Gasteiger partial charge in [-0.25, -0.2) is 0 Å². The van der Waals surface area contributed by atoms with Crippen molar-refractivity contribution in [3.63, 3.8) is 0 Å². The maximum atomic E-state index is 11.7. The molecule has 0 amide bonds. The summed E-state index contributed by atoms with van der Waals surface area (Å²) in [7, 11) is 0. The minimum atomic E-state index is -0.183. The highest BCUT2D eigenvalue weighted by Gasteiger charge is 2.06. The second-order valence-electron chi connectivity index (χ2n) is 5.19. The maximum absolute atomic E-state index is 11.7. The molecule has 0 radical (unpaired) electrons. The maximum Gasteiger partial charge on any atom is 0.306 e. The minimum absolute atomic E-state index is 0.183. The molecule has 2 aromatic rings. The van der Waals surface area contributed by atoms with E-state index in [1.54, 1.807) is 0 Å². The summed E-state index contributed by atoms with van der Waals surface area (Å²) in [6, 6.07) is 13.5. The number of esters is 1. The second-order valence-corrected chi connectivity index (χ2v) is 5.59. The van der Waals surface area contributed by atoms with E-state index >= 15 is 0 Å². The van der Waals surface area contributed by atoms with E-state index in [-0.39, 0.29) is 5.97 Å². The summed E-state index contributed by atoms with van der Waals surface area (Å²) < 4.78 is 5.25. The fourth-order valence-electron chi connectivity index (χ4n) is 2.19. The first-order valence-corrected chi connectivity index (χ1v) is 7.84. The van der Waals surface area contributed by atoms with Gasteiger partial charge in [-0.3, -0.25) is 9.78 Å². The lowest BCUT2D eigenvalue weighted by Gasteiger charge is -2.06. The number of hydrogen-bond donors (Lipinski definition) is 0. The van der Waals surface area contributed by atoms with E-state index in [1.807, 2.05) is 49.4 Å². The number of aromatic nitrogens is 1. The first kappa shape index (κ1) is 16.5. The standard InChI is InChI=1S/C18H20ClNO2/c1-14-6-4-8-16(20-14)9-5-13-22-18(21)12-11-15-7-2-3-10-17(15)19/h2-4,6-8,10H,5,9,11-13H2,1H3. The predicted molar refractivity (Wildman–Crippen MR) is 88.0 cm³/mol. The number of nitrogens with zero attached hydrogens (tertiary/aromatic N) is 1. The van der Waals surface area contributed by atoms with Crippen molar-refractivity contribution in [3.05, 3.63) is 64.4 Å². The number of carbonyl (C=O) groups is 1. The largest absolute Gasteiger partial charge is 0.466 e. The number of carbonyl (C=O) groups excluding carboxylic acids is 1. The molecule has 0 saturated carbocycles. The molecule has 4 heteroatoms. The van der Waals surface area contributed by atoms with Crippen molar-refractivity contribution in [1.82, 2.24) is 4.98 Å². The molecule has 0 aliphatic heterocycles. The van der Waals surface area contributed by atoms with Crippen molar-refractivity contribution < 1.29 is 9.53 Å². The number of pyridine rings is 1. The Morgan fingerprint density at radius 3 is 2.73 bits per heavy atom. The molecule has 0 fully saturated rings. The van der Waals surface area contributed by atoms with E-state index < -0.39 is 0 Å². The summed E-state index contributed by atoms with van der Waals surface area (Å²) in [5, 5.41) is 0.695. The number of aryl methyl sites for hydroxylation is 3. The molecule has 1 aromatic carbocycles. The molecule has 0 spiro atoms. The molecule has 0 aliphatic rings. The molecule has 1 aromatic heterocycles. The van der Waals surface area contributed by atoms with Crippen molar-refractivity contribution in [1.29, 1.82) is 0 Å². The van der Waals surface area contributed by atoms with Gasteiger partial charge in [-0.1, -0.05) is 35.9 Å². The Balaban J connectivity index is 1.65. The molecule has 3 nitrogen and oxygen atoms in total. The lowest BCUT2D eigenvalue weighted by molar-refractivity contribution is -0.143. The predicted octanol–water partition coefficient (Wildman–Crippen LogP) is 4.15. The van der Waals surface area contributed by atoms with Gasteiger partial charge >= 0.3 is 5.97 Å². The van der Waals surface area contributed by atoms with Crippen LogP contribution in [0.3, 0.4) is 0 Å². The number of halogens is 1. The van der Waals surface area contributed by atoms with Gasteiger partial charge in [-0.15, -0.1) is 0 Å². The van der Waals surface area contributed by atoms with Gasteiger partial charge in [0.2, 0.25) is 0 Å². The van der Waals surface area contributed by atoms with Crippen molar-refractivity contribution in [2.24, 2.45) is 0 Å². The van der Waals surface area contributed by atoms with Gasteiger partial charge in [0, 0.05) is 22.8 Å². The van der Waals surface area contributed by atoms with Gasteiger partial charge in [0.1, 0.15) is 0 Å². The van der Waals surface area contributed by atoms with Crippen LogP contribution in [0.5, 0.6) is 0 Å². The Bertz CT molecular complexity index is 628. The van der Waals surface area contributed by atoms with Gasteiger partial charge in [-0.2, -0.15) is 0 Å². The Kier molecular flexibility index (Phi) is 6.41. The lowest BCUT2D eigenvalue weighted by Crippen LogP contribution is -2.08. The van der Waals surface area contributed by atoms with Crippen LogP contribution in [-0.2, 0) is 22.4 Å². The summed E-state index contributed by atoms with van der Waals surface area (Å²) in [5.74, 6) is -0.183. The molecular weight excluding hydrogens is 298 g/mol. The summed E-state index contributed by atoms with van der Waals surface area (Å²) in [6.07, 6.45) is 2.57. The summed E-state index contributed by atoms with van der Waals surface area (Å²) >= 11 is 6.06. The average Bonchev–Trinajstić information content (AvgIpc) is 2.51. The summed E-state index contributed by atoms with van der Waals surface area (Å²) in [6.45, 7) is 2.40. The third-order valence-corrected chi connectivity index (χ3v) is 3.71. The highest BCUT2D eigenvalue weighted by molar-refractivity contribution is 6.31. The van der Waals surface area contributed by atoms with Crippen LogP contribution >= 0.6 is 11.6 Å². The first-order chi connectivity index (χ1) is 10.6. The molecule has 0 saturated heterocycles. The normalized spacial score (nSPS) is 10.5. The zero-order chi connectivity index (χ0) is 15.8. The van der Waals surface area contributed by atoms with E-state index in [2.05, 4.69) is 4.98 Å². The van der Waals surface area contributed by atoms with Crippen molar-refractivity contribution >= 4 is 17.6 Å². The van der Waals surface area contributed by atoms with Gasteiger partial charge < -0.3 is 4.74 Å². The Morgan fingerprint density at radius 1 is 1.14 bits per heavy atom. The van der Waals surface area contributed by atoms with Crippen LogP contribution in [-0.4, -0.2) is 17.6 Å². The van der Waals surface area contributed by atoms with Gasteiger partial charge in [0.15, 0.2) is 0 Å². The summed E-state index contributed by atoms with van der Waals surface area (Å²) in [4.78, 5) is 16.1. The number of rotatable bonds is 7. The molecule has 0 N–H and O–H groups in total. The van der Waals surface area contributed by atoms with Gasteiger partial charge in [0.05, 0.1) is 6.61 Å². The SMILES string of the molecule is Cc1cccc(CCCOC(=O)CCc2ccccc2Cl)n1. The second kappa shape index (κ2) is 8.54. The smallest absolute Gasteiger partial charge is 0.306 e. The number of ether oxygens (including phenoxy) is 1. The molecule has 116 valence electrons. The zero-order valence-electron chi connectivity index (χ0n) is 12.7. The molecule has 2 rings (SSSR count). The monoisotopic (exact) mass is 317 g/mol. The highest BCUT2D eigenvalue weighted by atomic mass is 35.5. The third kappa shape index (κ3) is 5.49. The van der Waals surface area contributed by atoms with Crippen LogP contribution < -0.4 is 0 Å². The zero-order valence-corrected chi connectivity index (χ0v) is 13.5. The van der Waals surface area contributed by atoms with Crippen LogP contribution in [0, 0.1) is 6.92 Å². The molecule has 0 atom stereocenters. The Morgan fingerprint density at radius 2 is 1.95 bits per heavy atom. The van der Waals surface area contributed by atoms with Crippen LogP contribution in [0.2, 0.25) is 5.02 Å². The van der Waals surface area contributed by atoms with E-state index in [4.69, 9.17) is 16.3 Å². The van der Waals surface area contributed by atoms with E-state index in [0.717, 1.165) is 29.8 Å².